The highest BCUT2D eigenvalue weighted by atomic mass is 16.5. The number of hydrogen-bond acceptors (Lipinski definition) is 3. The second-order valence-electron chi connectivity index (χ2n) is 7.47. The Balaban J connectivity index is 1.46. The van der Waals surface area contributed by atoms with Gasteiger partial charge in [-0.2, -0.15) is 0 Å². The normalized spacial score (nSPS) is 20.1. The Hall–Kier alpha value is -2.66. The largest absolute Gasteiger partial charge is 0.378 e. The van der Waals surface area contributed by atoms with Crippen LogP contribution >= 0.6 is 0 Å². The summed E-state index contributed by atoms with van der Waals surface area (Å²) in [5, 5.41) is 0. The molecule has 2 aromatic rings. The molecule has 5 nitrogen and oxygen atoms in total. The minimum absolute atomic E-state index is 0.0114. The van der Waals surface area contributed by atoms with Crippen molar-refractivity contribution in [2.75, 3.05) is 39.4 Å². The van der Waals surface area contributed by atoms with Gasteiger partial charge in [-0.15, -0.1) is 0 Å². The summed E-state index contributed by atoms with van der Waals surface area (Å²) < 4.78 is 5.34. The molecule has 2 aliphatic rings. The van der Waals surface area contributed by atoms with Gasteiger partial charge in [0.2, 0.25) is 5.91 Å². The van der Waals surface area contributed by atoms with Crippen molar-refractivity contribution in [1.29, 1.82) is 0 Å². The van der Waals surface area contributed by atoms with Gasteiger partial charge in [0.05, 0.1) is 19.1 Å². The number of benzene rings is 2. The second kappa shape index (κ2) is 8.57. The fraction of sp³-hybridized carbons (Fsp3) is 0.391. The summed E-state index contributed by atoms with van der Waals surface area (Å²) in [5.41, 5.74) is 2.81. The van der Waals surface area contributed by atoms with Crippen LogP contribution in [-0.4, -0.2) is 61.0 Å². The Morgan fingerprint density at radius 2 is 1.61 bits per heavy atom. The highest BCUT2D eigenvalue weighted by molar-refractivity contribution is 5.96. The van der Waals surface area contributed by atoms with E-state index in [0.717, 1.165) is 24.0 Å². The number of amides is 2. The predicted molar refractivity (Wildman–Crippen MR) is 108 cm³/mol. The van der Waals surface area contributed by atoms with E-state index >= 15 is 0 Å². The van der Waals surface area contributed by atoms with E-state index in [4.69, 9.17) is 4.74 Å². The van der Waals surface area contributed by atoms with E-state index in [-0.39, 0.29) is 17.7 Å². The number of rotatable bonds is 3. The van der Waals surface area contributed by atoms with Crippen molar-refractivity contribution in [2.24, 2.45) is 5.92 Å². The highest BCUT2D eigenvalue weighted by Gasteiger charge is 2.32. The summed E-state index contributed by atoms with van der Waals surface area (Å²) in [6.07, 6.45) is 1.72. The molecule has 0 saturated carbocycles. The monoisotopic (exact) mass is 378 g/mol. The molecule has 4 rings (SSSR count). The molecule has 28 heavy (non-hydrogen) atoms. The molecule has 0 unspecified atom stereocenters. The smallest absolute Gasteiger partial charge is 0.253 e. The average molecular weight is 378 g/mol. The number of carbonyl (C=O) groups excluding carboxylic acids is 2. The summed E-state index contributed by atoms with van der Waals surface area (Å²) >= 11 is 0. The van der Waals surface area contributed by atoms with Crippen LogP contribution in [0, 0.1) is 5.92 Å². The number of hydrogen-bond donors (Lipinski definition) is 0. The van der Waals surface area contributed by atoms with E-state index in [9.17, 15) is 9.59 Å². The zero-order chi connectivity index (χ0) is 19.3. The Morgan fingerprint density at radius 3 is 2.39 bits per heavy atom. The van der Waals surface area contributed by atoms with Gasteiger partial charge in [0.1, 0.15) is 0 Å². The number of nitrogens with zero attached hydrogens (tertiary/aromatic N) is 2. The molecule has 0 spiro atoms. The third kappa shape index (κ3) is 4.09. The van der Waals surface area contributed by atoms with E-state index in [1.807, 2.05) is 64.4 Å². The molecule has 5 heteroatoms. The van der Waals surface area contributed by atoms with Gasteiger partial charge in [-0.1, -0.05) is 42.5 Å². The van der Waals surface area contributed by atoms with Crippen molar-refractivity contribution in [3.63, 3.8) is 0 Å². The molecule has 0 N–H and O–H groups in total. The summed E-state index contributed by atoms with van der Waals surface area (Å²) in [6.45, 7) is 3.73. The zero-order valence-corrected chi connectivity index (χ0v) is 16.0. The van der Waals surface area contributed by atoms with Crippen LogP contribution in [0.4, 0.5) is 0 Å². The summed E-state index contributed by atoms with van der Waals surface area (Å²) in [6, 6.07) is 17.8. The molecule has 1 atom stereocenters. The van der Waals surface area contributed by atoms with Gasteiger partial charge in [-0.3, -0.25) is 9.59 Å². The highest BCUT2D eigenvalue weighted by Crippen LogP contribution is 2.24. The molecule has 0 aromatic heterocycles. The van der Waals surface area contributed by atoms with Crippen LogP contribution in [0.3, 0.4) is 0 Å². The molecular weight excluding hydrogens is 352 g/mol. The maximum absolute atomic E-state index is 13.1. The maximum Gasteiger partial charge on any atom is 0.253 e. The Morgan fingerprint density at radius 1 is 0.857 bits per heavy atom. The van der Waals surface area contributed by atoms with E-state index in [0.29, 0.717) is 45.0 Å². The first-order valence-corrected chi connectivity index (χ1v) is 10.0. The summed E-state index contributed by atoms with van der Waals surface area (Å²) in [5.74, 6) is 0.0733. The summed E-state index contributed by atoms with van der Waals surface area (Å²) in [7, 11) is 0. The second-order valence-corrected chi connectivity index (χ2v) is 7.47. The molecule has 2 amide bonds. The van der Waals surface area contributed by atoms with Crippen molar-refractivity contribution < 1.29 is 14.3 Å². The Bertz CT molecular complexity index is 831. The zero-order valence-electron chi connectivity index (χ0n) is 16.0. The number of ether oxygens (including phenoxy) is 1. The van der Waals surface area contributed by atoms with E-state index in [1.165, 1.54) is 0 Å². The first-order chi connectivity index (χ1) is 13.7. The lowest BCUT2D eigenvalue weighted by molar-refractivity contribution is -0.141. The van der Waals surface area contributed by atoms with Gasteiger partial charge in [0.25, 0.3) is 5.91 Å². The van der Waals surface area contributed by atoms with Gasteiger partial charge >= 0.3 is 0 Å². The Labute approximate surface area is 165 Å². The maximum atomic E-state index is 13.1. The minimum atomic E-state index is -0.104. The van der Waals surface area contributed by atoms with Gasteiger partial charge in [-0.05, 0) is 36.1 Å². The number of morpholine rings is 1. The predicted octanol–water partition coefficient (Wildman–Crippen LogP) is 3.06. The van der Waals surface area contributed by atoms with E-state index in [2.05, 4.69) is 0 Å². The number of piperidine rings is 1. The van der Waals surface area contributed by atoms with Gasteiger partial charge in [-0.25, -0.2) is 0 Å². The molecular formula is C23H26N2O3. The molecule has 0 bridgehead atoms. The Kier molecular flexibility index (Phi) is 5.72. The van der Waals surface area contributed by atoms with Crippen LogP contribution in [0.15, 0.2) is 54.6 Å². The van der Waals surface area contributed by atoms with Crippen LogP contribution in [0.1, 0.15) is 23.2 Å². The molecule has 2 saturated heterocycles. The van der Waals surface area contributed by atoms with Crippen LogP contribution in [-0.2, 0) is 9.53 Å². The van der Waals surface area contributed by atoms with Gasteiger partial charge < -0.3 is 14.5 Å². The van der Waals surface area contributed by atoms with Crippen molar-refractivity contribution in [2.45, 2.75) is 12.8 Å². The first kappa shape index (κ1) is 18.7. The third-order valence-electron chi connectivity index (χ3n) is 5.60. The lowest BCUT2D eigenvalue weighted by Crippen LogP contribution is -2.49. The number of carbonyl (C=O) groups is 2. The molecule has 2 aliphatic heterocycles. The molecule has 2 fully saturated rings. The summed E-state index contributed by atoms with van der Waals surface area (Å²) in [4.78, 5) is 29.7. The molecule has 146 valence electrons. The van der Waals surface area contributed by atoms with E-state index in [1.54, 1.807) is 0 Å². The van der Waals surface area contributed by atoms with Crippen LogP contribution < -0.4 is 0 Å². The lowest BCUT2D eigenvalue weighted by Gasteiger charge is -2.36. The molecule has 0 aliphatic carbocycles. The minimum Gasteiger partial charge on any atom is -0.378 e. The fourth-order valence-corrected chi connectivity index (χ4v) is 4.05. The van der Waals surface area contributed by atoms with Crippen molar-refractivity contribution in [1.82, 2.24) is 9.80 Å². The number of likely N-dealkylation sites (tertiary alicyclic amines) is 1. The standard InChI is InChI=1S/C23H26N2O3/c26-22(20-9-4-8-19(16-20)18-6-2-1-3-7-18)25-11-5-10-21(17-25)23(27)24-12-14-28-15-13-24/h1-4,6-9,16,21H,5,10-15,17H2/t21-/m0/s1. The molecule has 2 heterocycles. The average Bonchev–Trinajstić information content (AvgIpc) is 2.79. The van der Waals surface area contributed by atoms with Crippen molar-refractivity contribution in [3.8, 4) is 11.1 Å². The topological polar surface area (TPSA) is 49.9 Å². The van der Waals surface area contributed by atoms with Gasteiger partial charge in [0, 0.05) is 31.7 Å². The van der Waals surface area contributed by atoms with Crippen LogP contribution in [0.25, 0.3) is 11.1 Å². The van der Waals surface area contributed by atoms with Crippen molar-refractivity contribution >= 4 is 11.8 Å². The third-order valence-corrected chi connectivity index (χ3v) is 5.60. The SMILES string of the molecule is O=C(c1cccc(-c2ccccc2)c1)N1CCC[C@H](C(=O)N2CCOCC2)C1. The lowest BCUT2D eigenvalue weighted by atomic mass is 9.95. The van der Waals surface area contributed by atoms with Crippen molar-refractivity contribution in [3.05, 3.63) is 60.2 Å². The first-order valence-electron chi connectivity index (χ1n) is 10.0. The van der Waals surface area contributed by atoms with Crippen LogP contribution in [0.2, 0.25) is 0 Å². The quantitative estimate of drug-likeness (QED) is 0.825. The molecule has 2 aromatic carbocycles. The fourth-order valence-electron chi connectivity index (χ4n) is 4.05. The van der Waals surface area contributed by atoms with E-state index < -0.39 is 0 Å². The van der Waals surface area contributed by atoms with Gasteiger partial charge in [0.15, 0.2) is 0 Å². The van der Waals surface area contributed by atoms with Crippen LogP contribution in [0.5, 0.6) is 0 Å². The molecule has 0 radical (unpaired) electrons.